The van der Waals surface area contributed by atoms with Crippen LogP contribution in [-0.4, -0.2) is 38.2 Å². The third kappa shape index (κ3) is 5.74. The number of benzene rings is 2. The van der Waals surface area contributed by atoms with E-state index in [-0.39, 0.29) is 5.56 Å². The number of nitrogens with one attached hydrogen (secondary N) is 1. The van der Waals surface area contributed by atoms with Gasteiger partial charge in [0, 0.05) is 34.1 Å². The van der Waals surface area contributed by atoms with Crippen LogP contribution in [0.15, 0.2) is 72.0 Å². The number of carboxylic acids is 1. The van der Waals surface area contributed by atoms with E-state index in [2.05, 4.69) is 10.3 Å². The predicted molar refractivity (Wildman–Crippen MR) is 146 cm³/mol. The Morgan fingerprint density at radius 3 is 2.42 bits per heavy atom. The van der Waals surface area contributed by atoms with E-state index in [4.69, 9.17) is 33.0 Å². The third-order valence-electron chi connectivity index (χ3n) is 5.94. The van der Waals surface area contributed by atoms with Gasteiger partial charge in [-0.25, -0.2) is 9.78 Å². The number of aromatic carboxylic acids is 1. The van der Waals surface area contributed by atoms with E-state index in [0.29, 0.717) is 51.3 Å². The minimum atomic E-state index is -1.07. The first kappa shape index (κ1) is 27.0. The lowest BCUT2D eigenvalue weighted by Crippen LogP contribution is -2.33. The van der Waals surface area contributed by atoms with E-state index in [1.165, 1.54) is 48.2 Å². The second kappa shape index (κ2) is 11.5. The molecule has 2 N–H and O–H groups in total. The average Bonchev–Trinajstić information content (AvgIpc) is 3.33. The molecule has 38 heavy (non-hydrogen) atoms. The Labute approximate surface area is 228 Å². The maximum absolute atomic E-state index is 13.4. The number of carbonyl (C=O) groups is 2. The summed E-state index contributed by atoms with van der Waals surface area (Å²) < 4.78 is 8.70. The number of carboxylic acid groups (broad SMARTS) is 1. The van der Waals surface area contributed by atoms with Gasteiger partial charge in [0.15, 0.2) is 0 Å². The molecule has 0 spiro atoms. The summed E-state index contributed by atoms with van der Waals surface area (Å²) in [6.45, 7) is 1.91. The van der Waals surface area contributed by atoms with Crippen molar-refractivity contribution in [1.82, 2.24) is 14.1 Å². The lowest BCUT2D eigenvalue weighted by Gasteiger charge is -2.21. The summed E-state index contributed by atoms with van der Waals surface area (Å²) in [6, 6.07) is 11.6. The highest BCUT2D eigenvalue weighted by Gasteiger charge is 2.24. The number of halogens is 2. The zero-order valence-electron chi connectivity index (χ0n) is 20.5. The van der Waals surface area contributed by atoms with Crippen molar-refractivity contribution in [2.45, 2.75) is 25.8 Å². The molecule has 0 saturated carbocycles. The second-order valence-corrected chi connectivity index (χ2v) is 9.27. The topological polar surface area (TPSA) is 115 Å². The molecule has 0 saturated heterocycles. The number of carbonyl (C=O) groups excluding carboxylic acids is 1. The number of nitrogens with zero attached hydrogens (tertiary/aromatic N) is 3. The molecule has 1 atom stereocenters. The highest BCUT2D eigenvalue weighted by Crippen LogP contribution is 2.36. The average molecular weight is 555 g/mol. The number of imidazole rings is 1. The number of ether oxygens (including phenoxy) is 1. The Morgan fingerprint density at radius 1 is 1.08 bits per heavy atom. The van der Waals surface area contributed by atoms with Gasteiger partial charge in [0.25, 0.3) is 5.56 Å². The number of amides is 1. The molecule has 9 nitrogen and oxygen atoms in total. The summed E-state index contributed by atoms with van der Waals surface area (Å²) >= 11 is 12.3. The van der Waals surface area contributed by atoms with Crippen molar-refractivity contribution in [2.75, 3.05) is 12.4 Å². The van der Waals surface area contributed by atoms with Crippen molar-refractivity contribution in [3.05, 3.63) is 93.3 Å². The Kier molecular flexibility index (Phi) is 8.19. The number of hydrogen-bond acceptors (Lipinski definition) is 5. The van der Waals surface area contributed by atoms with Gasteiger partial charge >= 0.3 is 5.97 Å². The van der Waals surface area contributed by atoms with Gasteiger partial charge in [0.05, 0.1) is 24.6 Å². The SMILES string of the molecule is CCCC(C(=O)Nc1ccc(C(=O)O)cc1)n1cc(OC)c(-c2cc(Cl)ccc2-n2cnc(Cl)c2)cc1=O. The Morgan fingerprint density at radius 2 is 1.82 bits per heavy atom. The minimum Gasteiger partial charge on any atom is -0.495 e. The highest BCUT2D eigenvalue weighted by atomic mass is 35.5. The van der Waals surface area contributed by atoms with Crippen LogP contribution in [0.2, 0.25) is 10.2 Å². The van der Waals surface area contributed by atoms with Gasteiger partial charge in [-0.05, 0) is 48.9 Å². The molecule has 1 unspecified atom stereocenters. The van der Waals surface area contributed by atoms with Gasteiger partial charge in [0.2, 0.25) is 5.91 Å². The van der Waals surface area contributed by atoms with Gasteiger partial charge in [-0.2, -0.15) is 0 Å². The third-order valence-corrected chi connectivity index (χ3v) is 6.37. The molecule has 2 heterocycles. The summed E-state index contributed by atoms with van der Waals surface area (Å²) in [5.41, 5.74) is 1.88. The zero-order chi connectivity index (χ0) is 27.4. The standard InChI is InChI=1S/C27H24Cl2N4O5/c1-3-4-22(26(35)31-18-8-5-16(6-9-18)27(36)37)33-13-23(38-2)20(12-25(33)34)19-11-17(28)7-10-21(19)32-14-24(29)30-15-32/h5-15,22H,3-4H2,1-2H3,(H,31,35)(H,36,37). The summed E-state index contributed by atoms with van der Waals surface area (Å²) in [5, 5.41) is 12.6. The fourth-order valence-electron chi connectivity index (χ4n) is 4.12. The predicted octanol–water partition coefficient (Wildman–Crippen LogP) is 5.69. The maximum atomic E-state index is 13.4. The quantitative estimate of drug-likeness (QED) is 0.274. The van der Waals surface area contributed by atoms with E-state index < -0.39 is 23.5 Å². The molecule has 196 valence electrons. The molecule has 0 radical (unpaired) electrons. The Bertz CT molecular complexity index is 1550. The summed E-state index contributed by atoms with van der Waals surface area (Å²) in [4.78, 5) is 41.8. The van der Waals surface area contributed by atoms with Gasteiger partial charge in [0.1, 0.15) is 23.3 Å². The lowest BCUT2D eigenvalue weighted by atomic mass is 10.0. The molecule has 0 aliphatic heterocycles. The second-order valence-electron chi connectivity index (χ2n) is 8.44. The molecule has 4 rings (SSSR count). The molecule has 0 aliphatic rings. The molecule has 1 amide bonds. The van der Waals surface area contributed by atoms with E-state index in [0.717, 1.165) is 0 Å². The Hall–Kier alpha value is -4.08. The molecule has 11 heteroatoms. The van der Waals surface area contributed by atoms with E-state index in [1.54, 1.807) is 35.3 Å². The minimum absolute atomic E-state index is 0.100. The molecular weight excluding hydrogens is 531 g/mol. The van der Waals surface area contributed by atoms with Crippen molar-refractivity contribution in [3.63, 3.8) is 0 Å². The summed E-state index contributed by atoms with van der Waals surface area (Å²) in [5.74, 6) is -1.12. The first-order chi connectivity index (χ1) is 18.2. The van der Waals surface area contributed by atoms with Crippen LogP contribution >= 0.6 is 23.2 Å². The number of hydrogen-bond donors (Lipinski definition) is 2. The van der Waals surface area contributed by atoms with Gasteiger partial charge in [-0.15, -0.1) is 0 Å². The van der Waals surface area contributed by atoms with Gasteiger partial charge in [-0.3, -0.25) is 14.2 Å². The van der Waals surface area contributed by atoms with Crippen molar-refractivity contribution >= 4 is 40.8 Å². The summed E-state index contributed by atoms with van der Waals surface area (Å²) in [6.07, 6.45) is 5.71. The first-order valence-corrected chi connectivity index (χ1v) is 12.4. The normalized spacial score (nSPS) is 11.7. The van der Waals surface area contributed by atoms with Crippen molar-refractivity contribution < 1.29 is 19.4 Å². The van der Waals surface area contributed by atoms with Gasteiger partial charge < -0.3 is 19.7 Å². The molecular formula is C27H24Cl2N4O5. The van der Waals surface area contributed by atoms with Crippen LogP contribution in [0.1, 0.15) is 36.2 Å². The molecule has 0 aliphatic carbocycles. The first-order valence-electron chi connectivity index (χ1n) is 11.7. The van der Waals surface area contributed by atoms with Gasteiger partial charge in [-0.1, -0.05) is 36.5 Å². The highest BCUT2D eigenvalue weighted by molar-refractivity contribution is 6.31. The molecule has 4 aromatic rings. The van der Waals surface area contributed by atoms with E-state index in [1.807, 2.05) is 6.92 Å². The zero-order valence-corrected chi connectivity index (χ0v) is 22.0. The molecule has 2 aromatic carbocycles. The van der Waals surface area contributed by atoms with Crippen LogP contribution in [-0.2, 0) is 4.79 Å². The van der Waals surface area contributed by atoms with Crippen LogP contribution in [0.4, 0.5) is 5.69 Å². The van der Waals surface area contributed by atoms with E-state index in [9.17, 15) is 14.4 Å². The monoisotopic (exact) mass is 554 g/mol. The Balaban J connectivity index is 1.74. The molecule has 0 bridgehead atoms. The maximum Gasteiger partial charge on any atom is 0.335 e. The molecule has 2 aromatic heterocycles. The smallest absolute Gasteiger partial charge is 0.335 e. The van der Waals surface area contributed by atoms with E-state index >= 15 is 0 Å². The fourth-order valence-corrected chi connectivity index (χ4v) is 4.44. The lowest BCUT2D eigenvalue weighted by molar-refractivity contribution is -0.119. The molecule has 0 fully saturated rings. The largest absolute Gasteiger partial charge is 0.495 e. The number of anilines is 1. The van der Waals surface area contributed by atoms with Crippen LogP contribution in [0, 0.1) is 0 Å². The number of aromatic nitrogens is 3. The summed E-state index contributed by atoms with van der Waals surface area (Å²) in [7, 11) is 1.48. The van der Waals surface area contributed by atoms with Crippen molar-refractivity contribution in [1.29, 1.82) is 0 Å². The van der Waals surface area contributed by atoms with Crippen molar-refractivity contribution in [2.24, 2.45) is 0 Å². The number of rotatable bonds is 9. The van der Waals surface area contributed by atoms with Crippen LogP contribution < -0.4 is 15.6 Å². The van der Waals surface area contributed by atoms with Crippen LogP contribution in [0.25, 0.3) is 16.8 Å². The number of methoxy groups -OCH3 is 1. The number of pyridine rings is 1. The van der Waals surface area contributed by atoms with Crippen LogP contribution in [0.3, 0.4) is 0 Å². The van der Waals surface area contributed by atoms with Crippen molar-refractivity contribution in [3.8, 4) is 22.6 Å². The van der Waals surface area contributed by atoms with Crippen LogP contribution in [0.5, 0.6) is 5.75 Å². The fraction of sp³-hybridized carbons (Fsp3) is 0.185.